The molecule has 0 radical (unpaired) electrons. The smallest absolute Gasteiger partial charge is 0.344 e. The number of ether oxygens (including phenoxy) is 1. The number of likely N-dealkylation sites (N-methyl/N-ethyl adjacent to an activating group) is 1. The van der Waals surface area contributed by atoms with Crippen LogP contribution in [0.2, 0.25) is 0 Å². The maximum absolute atomic E-state index is 11.9. The van der Waals surface area contributed by atoms with Gasteiger partial charge in [0, 0.05) is 37.4 Å². The van der Waals surface area contributed by atoms with Gasteiger partial charge in [0.15, 0.2) is 0 Å². The summed E-state index contributed by atoms with van der Waals surface area (Å²) in [5.41, 5.74) is 2.16. The summed E-state index contributed by atoms with van der Waals surface area (Å²) in [7, 11) is 0. The van der Waals surface area contributed by atoms with Crippen LogP contribution in [-0.4, -0.2) is 77.2 Å². The van der Waals surface area contributed by atoms with Gasteiger partial charge in [-0.15, -0.1) is 0 Å². The van der Waals surface area contributed by atoms with Crippen LogP contribution in [0.5, 0.6) is 5.75 Å². The van der Waals surface area contributed by atoms with Crippen molar-refractivity contribution >= 4 is 17.7 Å². The van der Waals surface area contributed by atoms with Gasteiger partial charge in [-0.1, -0.05) is 31.7 Å². The summed E-state index contributed by atoms with van der Waals surface area (Å²) in [6, 6.07) is 8.70. The van der Waals surface area contributed by atoms with Crippen molar-refractivity contribution in [2.24, 2.45) is 0 Å². The van der Waals surface area contributed by atoms with Crippen molar-refractivity contribution in [3.05, 3.63) is 39.9 Å². The second kappa shape index (κ2) is 13.0. The molecule has 0 bridgehead atoms. The van der Waals surface area contributed by atoms with Crippen LogP contribution in [0.15, 0.2) is 28.8 Å². The van der Waals surface area contributed by atoms with E-state index in [-0.39, 0.29) is 5.37 Å². The molecule has 1 atom stereocenters. The molecule has 188 valence electrons. The zero-order chi connectivity index (χ0) is 25.4. The average Bonchev–Trinajstić information content (AvgIpc) is 3.13. The SMILES string of the molecule is CCN(CC)CCOc1ccc(C2SC(C(=O)O)=C(C)N2CCN(C(C)C)C(C)C)cc1C#N. The molecule has 1 aromatic carbocycles. The van der Waals surface area contributed by atoms with Gasteiger partial charge in [0.2, 0.25) is 0 Å². The third-order valence-corrected chi connectivity index (χ3v) is 7.82. The highest BCUT2D eigenvalue weighted by molar-refractivity contribution is 8.04. The minimum Gasteiger partial charge on any atom is -0.491 e. The number of carboxylic acids is 1. The van der Waals surface area contributed by atoms with Gasteiger partial charge < -0.3 is 19.6 Å². The Hall–Kier alpha value is -2.21. The van der Waals surface area contributed by atoms with E-state index in [0.29, 0.717) is 41.5 Å². The predicted molar refractivity (Wildman–Crippen MR) is 139 cm³/mol. The van der Waals surface area contributed by atoms with Crippen LogP contribution in [0.3, 0.4) is 0 Å². The van der Waals surface area contributed by atoms with E-state index in [9.17, 15) is 15.2 Å². The van der Waals surface area contributed by atoms with E-state index in [1.165, 1.54) is 11.8 Å². The van der Waals surface area contributed by atoms with Gasteiger partial charge in [-0.05, 0) is 65.4 Å². The van der Waals surface area contributed by atoms with Crippen LogP contribution in [0.1, 0.15) is 65.0 Å². The van der Waals surface area contributed by atoms with Crippen LogP contribution in [-0.2, 0) is 4.79 Å². The minimum atomic E-state index is -0.906. The second-order valence-electron chi connectivity index (χ2n) is 9.05. The van der Waals surface area contributed by atoms with Gasteiger partial charge in [0.05, 0.1) is 5.56 Å². The van der Waals surface area contributed by atoms with Crippen molar-refractivity contribution in [2.45, 2.75) is 65.9 Å². The first-order valence-corrected chi connectivity index (χ1v) is 13.0. The number of hydrogen-bond donors (Lipinski definition) is 1. The molecule has 1 heterocycles. The summed E-state index contributed by atoms with van der Waals surface area (Å²) in [6.07, 6.45) is 0. The second-order valence-corrected chi connectivity index (χ2v) is 10.1. The topological polar surface area (TPSA) is 80.0 Å². The number of allylic oxidation sites excluding steroid dienone is 1. The van der Waals surface area contributed by atoms with Gasteiger partial charge >= 0.3 is 5.97 Å². The fraction of sp³-hybridized carbons (Fsp3) is 0.615. The van der Waals surface area contributed by atoms with E-state index >= 15 is 0 Å². The minimum absolute atomic E-state index is 0.191. The summed E-state index contributed by atoms with van der Waals surface area (Å²) < 4.78 is 5.92. The van der Waals surface area contributed by atoms with E-state index in [1.54, 1.807) is 0 Å². The molecule has 1 unspecified atom stereocenters. The number of hydrogen-bond acceptors (Lipinski definition) is 7. The maximum atomic E-state index is 11.9. The quantitative estimate of drug-likeness (QED) is 0.426. The number of nitrogens with zero attached hydrogens (tertiary/aromatic N) is 4. The molecule has 0 saturated carbocycles. The lowest BCUT2D eigenvalue weighted by molar-refractivity contribution is -0.131. The van der Waals surface area contributed by atoms with E-state index in [4.69, 9.17) is 4.74 Å². The molecule has 0 spiro atoms. The Morgan fingerprint density at radius 2 is 1.85 bits per heavy atom. The van der Waals surface area contributed by atoms with Crippen molar-refractivity contribution in [3.8, 4) is 11.8 Å². The zero-order valence-corrected chi connectivity index (χ0v) is 22.5. The third-order valence-electron chi connectivity index (χ3n) is 6.36. The molecule has 1 aromatic rings. The van der Waals surface area contributed by atoms with Crippen molar-refractivity contribution < 1.29 is 14.6 Å². The lowest BCUT2D eigenvalue weighted by Gasteiger charge is -2.35. The Morgan fingerprint density at radius 3 is 2.38 bits per heavy atom. The molecule has 8 heteroatoms. The standard InChI is InChI=1S/C26H40N4O3S/c1-8-28(9-2)14-15-33-23-11-10-21(16-22(23)17-27)25-30(20(7)24(34-25)26(31)32)13-12-29(18(3)4)19(5)6/h10-11,16,18-19,25H,8-9,12-15H2,1-7H3,(H,31,32). The van der Waals surface area contributed by atoms with E-state index < -0.39 is 5.97 Å². The molecule has 1 N–H and O–H groups in total. The zero-order valence-electron chi connectivity index (χ0n) is 21.7. The molecule has 2 rings (SSSR count). The highest BCUT2D eigenvalue weighted by Crippen LogP contribution is 2.48. The van der Waals surface area contributed by atoms with Crippen LogP contribution >= 0.6 is 11.8 Å². The van der Waals surface area contributed by atoms with E-state index in [1.807, 2.05) is 25.1 Å². The summed E-state index contributed by atoms with van der Waals surface area (Å²) in [4.78, 5) is 19.1. The highest BCUT2D eigenvalue weighted by atomic mass is 32.2. The number of carbonyl (C=O) groups is 1. The normalized spacial score (nSPS) is 16.3. The predicted octanol–water partition coefficient (Wildman–Crippen LogP) is 4.76. The molecule has 1 aliphatic heterocycles. The Bertz CT molecular complexity index is 898. The Labute approximate surface area is 209 Å². The molecule has 1 aliphatic rings. The van der Waals surface area contributed by atoms with Gasteiger partial charge in [0.1, 0.15) is 28.7 Å². The summed E-state index contributed by atoms with van der Waals surface area (Å²) >= 11 is 1.34. The van der Waals surface area contributed by atoms with Crippen LogP contribution in [0, 0.1) is 11.3 Å². The number of benzene rings is 1. The maximum Gasteiger partial charge on any atom is 0.344 e. The first-order chi connectivity index (χ1) is 16.1. The third kappa shape index (κ3) is 6.91. The number of nitriles is 1. The summed E-state index contributed by atoms with van der Waals surface area (Å²) in [6.45, 7) is 19.6. The number of rotatable bonds is 13. The highest BCUT2D eigenvalue weighted by Gasteiger charge is 2.35. The van der Waals surface area contributed by atoms with Crippen LogP contribution < -0.4 is 4.74 Å². The Balaban J connectivity index is 2.25. The van der Waals surface area contributed by atoms with Crippen molar-refractivity contribution in [1.29, 1.82) is 5.26 Å². The van der Waals surface area contributed by atoms with Gasteiger partial charge in [-0.3, -0.25) is 4.90 Å². The average molecular weight is 489 g/mol. The summed E-state index contributed by atoms with van der Waals surface area (Å²) in [5.74, 6) is -0.335. The Morgan fingerprint density at radius 1 is 1.21 bits per heavy atom. The fourth-order valence-electron chi connectivity index (χ4n) is 4.38. The number of carboxylic acid groups (broad SMARTS) is 1. The van der Waals surface area contributed by atoms with Crippen molar-refractivity contribution in [2.75, 3.05) is 39.3 Å². The molecule has 0 fully saturated rings. The molecule has 0 aromatic heterocycles. The molecule has 0 amide bonds. The Kier molecular flexibility index (Phi) is 10.7. The largest absolute Gasteiger partial charge is 0.491 e. The first-order valence-electron chi connectivity index (χ1n) is 12.2. The molecule has 0 saturated heterocycles. The van der Waals surface area contributed by atoms with Crippen LogP contribution in [0.25, 0.3) is 0 Å². The monoisotopic (exact) mass is 488 g/mol. The van der Waals surface area contributed by atoms with Crippen molar-refractivity contribution in [1.82, 2.24) is 14.7 Å². The molecular weight excluding hydrogens is 448 g/mol. The number of aliphatic carboxylic acids is 1. The lowest BCUT2D eigenvalue weighted by Crippen LogP contribution is -2.42. The molecule has 34 heavy (non-hydrogen) atoms. The molecular formula is C26H40N4O3S. The van der Waals surface area contributed by atoms with Crippen molar-refractivity contribution in [3.63, 3.8) is 0 Å². The fourth-order valence-corrected chi connectivity index (χ4v) is 5.67. The summed E-state index contributed by atoms with van der Waals surface area (Å²) in [5, 5.41) is 19.3. The van der Waals surface area contributed by atoms with Crippen LogP contribution in [0.4, 0.5) is 0 Å². The number of thioether (sulfide) groups is 1. The van der Waals surface area contributed by atoms with Gasteiger partial charge in [-0.25, -0.2) is 4.79 Å². The lowest BCUT2D eigenvalue weighted by atomic mass is 10.1. The molecule has 7 nitrogen and oxygen atoms in total. The van der Waals surface area contributed by atoms with E-state index in [0.717, 1.165) is 37.4 Å². The van der Waals surface area contributed by atoms with Gasteiger partial charge in [-0.2, -0.15) is 5.26 Å². The molecule has 0 aliphatic carbocycles. The van der Waals surface area contributed by atoms with E-state index in [2.05, 4.69) is 62.3 Å². The van der Waals surface area contributed by atoms with Gasteiger partial charge in [0.25, 0.3) is 0 Å². The first kappa shape index (κ1) is 28.0.